The molecule has 0 spiro atoms. The van der Waals surface area contributed by atoms with Crippen LogP contribution in [-0.4, -0.2) is 22.1 Å². The Labute approximate surface area is 144 Å². The number of carbonyl (C=O) groups is 1. The molecule has 0 aliphatic heterocycles. The van der Waals surface area contributed by atoms with Crippen molar-refractivity contribution in [1.29, 1.82) is 0 Å². The second kappa shape index (κ2) is 5.89. The number of hydrogen-bond acceptors (Lipinski definition) is 3. The Kier molecular flexibility index (Phi) is 4.53. The van der Waals surface area contributed by atoms with Gasteiger partial charge in [0.1, 0.15) is 5.75 Å². The summed E-state index contributed by atoms with van der Waals surface area (Å²) >= 11 is 0. The molecule has 1 aliphatic rings. The predicted molar refractivity (Wildman–Crippen MR) is 97.0 cm³/mol. The number of aromatic hydroxyl groups is 1. The Bertz CT molecular complexity index is 699. The van der Waals surface area contributed by atoms with Crippen molar-refractivity contribution in [3.8, 4) is 5.75 Å². The Morgan fingerprint density at radius 1 is 1.08 bits per heavy atom. The SMILES string of the molecule is CC(C)(C)C1=CC=CC(C(=O)c2ccccc2O)(C(C)(C)C)C1O. The number of ketones is 1. The van der Waals surface area contributed by atoms with Crippen molar-refractivity contribution in [2.24, 2.45) is 16.2 Å². The Morgan fingerprint density at radius 3 is 2.17 bits per heavy atom. The topological polar surface area (TPSA) is 57.5 Å². The van der Waals surface area contributed by atoms with Crippen molar-refractivity contribution in [3.63, 3.8) is 0 Å². The van der Waals surface area contributed by atoms with E-state index in [9.17, 15) is 15.0 Å². The first kappa shape index (κ1) is 18.5. The van der Waals surface area contributed by atoms with Crippen LogP contribution in [0.25, 0.3) is 0 Å². The molecular weight excluding hydrogens is 300 g/mol. The Morgan fingerprint density at radius 2 is 1.67 bits per heavy atom. The van der Waals surface area contributed by atoms with E-state index in [2.05, 4.69) is 0 Å². The number of carbonyl (C=O) groups excluding carboxylic acids is 1. The predicted octanol–water partition coefficient (Wildman–Crippen LogP) is 4.51. The van der Waals surface area contributed by atoms with Crippen molar-refractivity contribution in [2.75, 3.05) is 0 Å². The highest BCUT2D eigenvalue weighted by Crippen LogP contribution is 2.52. The van der Waals surface area contributed by atoms with Gasteiger partial charge >= 0.3 is 0 Å². The standard InChI is InChI=1S/C21H28O3/c1-19(2,3)15-11-9-13-21(18(15)24,20(4,5)6)17(23)14-10-7-8-12-16(14)22/h7-13,18,22,24H,1-6H3. The van der Waals surface area contributed by atoms with Crippen LogP contribution in [0, 0.1) is 16.2 Å². The van der Waals surface area contributed by atoms with Gasteiger partial charge in [-0.15, -0.1) is 0 Å². The highest BCUT2D eigenvalue weighted by molar-refractivity contribution is 6.05. The van der Waals surface area contributed by atoms with Crippen molar-refractivity contribution >= 4 is 5.78 Å². The highest BCUT2D eigenvalue weighted by atomic mass is 16.3. The lowest BCUT2D eigenvalue weighted by atomic mass is 9.55. The third-order valence-electron chi connectivity index (χ3n) is 4.99. The van der Waals surface area contributed by atoms with Gasteiger partial charge in [-0.1, -0.05) is 71.9 Å². The van der Waals surface area contributed by atoms with E-state index < -0.39 is 16.9 Å². The van der Waals surface area contributed by atoms with Crippen LogP contribution < -0.4 is 0 Å². The fourth-order valence-electron chi connectivity index (χ4n) is 3.48. The highest BCUT2D eigenvalue weighted by Gasteiger charge is 2.55. The van der Waals surface area contributed by atoms with Gasteiger partial charge in [-0.2, -0.15) is 0 Å². The molecule has 24 heavy (non-hydrogen) atoms. The molecule has 3 heteroatoms. The summed E-state index contributed by atoms with van der Waals surface area (Å²) in [5.74, 6) is -0.315. The van der Waals surface area contributed by atoms with E-state index in [1.165, 1.54) is 6.07 Å². The van der Waals surface area contributed by atoms with Crippen molar-refractivity contribution in [2.45, 2.75) is 47.6 Å². The number of benzene rings is 1. The maximum atomic E-state index is 13.5. The van der Waals surface area contributed by atoms with Crippen LogP contribution in [0.5, 0.6) is 5.75 Å². The summed E-state index contributed by atoms with van der Waals surface area (Å²) in [5, 5.41) is 21.4. The number of Topliss-reactive ketones (excluding diaryl/α,β-unsaturated/α-hetero) is 1. The van der Waals surface area contributed by atoms with Crippen LogP contribution in [0.1, 0.15) is 51.9 Å². The number of aliphatic hydroxyl groups is 1. The fourth-order valence-corrected chi connectivity index (χ4v) is 3.48. The van der Waals surface area contributed by atoms with Crippen molar-refractivity contribution < 1.29 is 15.0 Å². The van der Waals surface area contributed by atoms with Crippen LogP contribution in [0.15, 0.2) is 48.1 Å². The molecule has 2 rings (SSSR count). The lowest BCUT2D eigenvalue weighted by Crippen LogP contribution is -2.53. The van der Waals surface area contributed by atoms with Gasteiger partial charge in [0.2, 0.25) is 0 Å². The van der Waals surface area contributed by atoms with Crippen molar-refractivity contribution in [1.82, 2.24) is 0 Å². The molecule has 0 radical (unpaired) electrons. The number of allylic oxidation sites excluding steroid dienone is 2. The molecule has 3 nitrogen and oxygen atoms in total. The molecule has 0 fully saturated rings. The summed E-state index contributed by atoms with van der Waals surface area (Å²) in [6.07, 6.45) is 4.60. The first-order valence-electron chi connectivity index (χ1n) is 8.33. The van der Waals surface area contributed by atoms with Crippen LogP contribution in [0.4, 0.5) is 0 Å². The second-order valence-electron chi connectivity index (χ2n) is 8.60. The molecule has 2 N–H and O–H groups in total. The van der Waals surface area contributed by atoms with E-state index in [0.717, 1.165) is 5.57 Å². The molecule has 130 valence electrons. The number of phenolic OH excluding ortho intramolecular Hbond substituents is 1. The molecular formula is C21H28O3. The van der Waals surface area contributed by atoms with E-state index in [4.69, 9.17) is 0 Å². The van der Waals surface area contributed by atoms with Crippen LogP contribution in [-0.2, 0) is 0 Å². The smallest absolute Gasteiger partial charge is 0.179 e. The molecule has 0 bridgehead atoms. The molecule has 0 amide bonds. The van der Waals surface area contributed by atoms with Gasteiger partial charge in [0.05, 0.1) is 17.1 Å². The summed E-state index contributed by atoms with van der Waals surface area (Å²) in [6.45, 7) is 11.9. The molecule has 2 atom stereocenters. The monoisotopic (exact) mass is 328 g/mol. The van der Waals surface area contributed by atoms with E-state index in [-0.39, 0.29) is 22.5 Å². The van der Waals surface area contributed by atoms with E-state index >= 15 is 0 Å². The maximum Gasteiger partial charge on any atom is 0.179 e. The zero-order chi connectivity index (χ0) is 18.3. The fraction of sp³-hybridized carbons (Fsp3) is 0.476. The summed E-state index contributed by atoms with van der Waals surface area (Å²) in [5.41, 5.74) is -0.870. The molecule has 2 unspecified atom stereocenters. The van der Waals surface area contributed by atoms with Crippen LogP contribution in [0.3, 0.4) is 0 Å². The number of aliphatic hydroxyl groups excluding tert-OH is 1. The van der Waals surface area contributed by atoms with Gasteiger partial charge in [0.15, 0.2) is 5.78 Å². The van der Waals surface area contributed by atoms with Crippen LogP contribution >= 0.6 is 0 Å². The number of rotatable bonds is 2. The van der Waals surface area contributed by atoms with E-state index in [1.807, 2.05) is 53.7 Å². The van der Waals surface area contributed by atoms with Gasteiger partial charge < -0.3 is 10.2 Å². The Balaban J connectivity index is 2.67. The van der Waals surface area contributed by atoms with Gasteiger partial charge in [-0.3, -0.25) is 4.79 Å². The minimum atomic E-state index is -1.14. The minimum Gasteiger partial charge on any atom is -0.507 e. The third-order valence-corrected chi connectivity index (χ3v) is 4.99. The zero-order valence-electron chi connectivity index (χ0n) is 15.4. The second-order valence-corrected chi connectivity index (χ2v) is 8.60. The van der Waals surface area contributed by atoms with Gasteiger partial charge in [0.25, 0.3) is 0 Å². The normalized spacial score (nSPS) is 24.6. The summed E-state index contributed by atoms with van der Waals surface area (Å²) < 4.78 is 0. The average molecular weight is 328 g/mol. The van der Waals surface area contributed by atoms with Gasteiger partial charge in [-0.25, -0.2) is 0 Å². The summed E-state index contributed by atoms with van der Waals surface area (Å²) in [4.78, 5) is 13.5. The van der Waals surface area contributed by atoms with E-state index in [1.54, 1.807) is 24.3 Å². The molecule has 1 aromatic carbocycles. The van der Waals surface area contributed by atoms with Crippen molar-refractivity contribution in [3.05, 3.63) is 53.6 Å². The first-order chi connectivity index (χ1) is 10.9. The first-order valence-corrected chi connectivity index (χ1v) is 8.33. The molecule has 1 aliphatic carbocycles. The lowest BCUT2D eigenvalue weighted by molar-refractivity contribution is 0.00379. The average Bonchev–Trinajstić information content (AvgIpc) is 2.45. The summed E-state index contributed by atoms with van der Waals surface area (Å²) in [6, 6.07) is 6.52. The van der Waals surface area contributed by atoms with Gasteiger partial charge in [0, 0.05) is 0 Å². The molecule has 0 saturated heterocycles. The quantitative estimate of drug-likeness (QED) is 0.785. The van der Waals surface area contributed by atoms with Crippen LogP contribution in [0.2, 0.25) is 0 Å². The zero-order valence-corrected chi connectivity index (χ0v) is 15.4. The number of hydrogen-bond donors (Lipinski definition) is 2. The largest absolute Gasteiger partial charge is 0.507 e. The molecule has 0 aromatic heterocycles. The van der Waals surface area contributed by atoms with Gasteiger partial charge in [-0.05, 0) is 28.5 Å². The number of phenols is 1. The van der Waals surface area contributed by atoms with E-state index in [0.29, 0.717) is 0 Å². The third kappa shape index (κ3) is 2.82. The maximum absolute atomic E-state index is 13.5. The number of para-hydroxylation sites is 1. The molecule has 0 saturated carbocycles. The Hall–Kier alpha value is -1.87. The molecule has 1 aromatic rings. The molecule has 0 heterocycles. The minimum absolute atomic E-state index is 0.0569. The lowest BCUT2D eigenvalue weighted by Gasteiger charge is -2.49. The summed E-state index contributed by atoms with van der Waals surface area (Å²) in [7, 11) is 0.